The summed E-state index contributed by atoms with van der Waals surface area (Å²) in [5, 5.41) is 0. The molecule has 0 amide bonds. The molecule has 0 N–H and O–H groups in total. The summed E-state index contributed by atoms with van der Waals surface area (Å²) >= 11 is 9.41. The summed E-state index contributed by atoms with van der Waals surface area (Å²) in [5.41, 5.74) is -2.08. The van der Waals surface area contributed by atoms with Gasteiger partial charge in [0.1, 0.15) is 0 Å². The van der Waals surface area contributed by atoms with Crippen molar-refractivity contribution >= 4 is 29.7 Å². The molecule has 5 heteroatoms. The van der Waals surface area contributed by atoms with Crippen LogP contribution in [0.2, 0.25) is 0 Å². The van der Waals surface area contributed by atoms with E-state index in [1.807, 2.05) is 0 Å². The van der Waals surface area contributed by atoms with Crippen molar-refractivity contribution in [3.05, 3.63) is 0 Å². The zero-order chi connectivity index (χ0) is 12.4. The molecule has 0 aliphatic carbocycles. The average molecular weight is 282 g/mol. The Labute approximate surface area is 110 Å². The lowest BCUT2D eigenvalue weighted by Gasteiger charge is -2.41. The van der Waals surface area contributed by atoms with Gasteiger partial charge in [-0.2, -0.15) is 0 Å². The van der Waals surface area contributed by atoms with Gasteiger partial charge in [0, 0.05) is 5.41 Å². The Bertz CT molecular complexity index is 255. The fraction of sp³-hybridized carbons (Fsp3) is 1.00. The highest BCUT2D eigenvalue weighted by Gasteiger charge is 2.39. The number of hydrogen-bond donors (Lipinski definition) is 1. The normalized spacial score (nSPS) is 23.9. The van der Waals surface area contributed by atoms with Crippen molar-refractivity contribution in [2.24, 2.45) is 17.3 Å². The lowest BCUT2D eigenvalue weighted by molar-refractivity contribution is 0.00730. The van der Waals surface area contributed by atoms with Crippen molar-refractivity contribution in [3.63, 3.8) is 0 Å². The average Bonchev–Trinajstić information content (AvgIpc) is 2.09. The monoisotopic (exact) mass is 282 g/mol. The minimum Gasteiger partial charge on any atom is -0.321 e. The van der Waals surface area contributed by atoms with E-state index in [1.54, 1.807) is 0 Å². The van der Waals surface area contributed by atoms with E-state index in [4.69, 9.17) is 20.9 Å². The summed E-state index contributed by atoms with van der Waals surface area (Å²) in [6, 6.07) is 0. The van der Waals surface area contributed by atoms with E-state index < -0.39 is 5.69 Å². The van der Waals surface area contributed by atoms with Crippen LogP contribution < -0.4 is 0 Å². The molecule has 16 heavy (non-hydrogen) atoms. The topological polar surface area (TPSA) is 18.5 Å². The number of thiol groups is 1. The largest absolute Gasteiger partial charge is 0.321 e. The Morgan fingerprint density at radius 1 is 1.12 bits per heavy atom. The van der Waals surface area contributed by atoms with Crippen LogP contribution in [0.1, 0.15) is 40.5 Å². The minimum atomic E-state index is -2.23. The van der Waals surface area contributed by atoms with Crippen LogP contribution in [0, 0.1) is 17.3 Å². The molecule has 0 spiro atoms. The van der Waals surface area contributed by atoms with Crippen molar-refractivity contribution in [3.8, 4) is 0 Å². The van der Waals surface area contributed by atoms with E-state index in [0.717, 1.165) is 12.8 Å². The Morgan fingerprint density at radius 2 is 1.50 bits per heavy atom. The summed E-state index contributed by atoms with van der Waals surface area (Å²) in [5.74, 6) is 1.31. The van der Waals surface area contributed by atoms with E-state index in [9.17, 15) is 0 Å². The van der Waals surface area contributed by atoms with E-state index in [-0.39, 0.29) is 5.41 Å². The third kappa shape index (κ3) is 4.66. The SMILES string of the molecule is CC(C)CC1(CC(C)C)COP(=S)(S)OC1. The molecule has 1 fully saturated rings. The molecule has 1 rings (SSSR count). The van der Waals surface area contributed by atoms with Gasteiger partial charge in [0.05, 0.1) is 13.2 Å². The first kappa shape index (κ1) is 15.0. The molecular formula is C11H23O2PS2. The van der Waals surface area contributed by atoms with Crippen LogP contribution in [-0.4, -0.2) is 13.2 Å². The van der Waals surface area contributed by atoms with Crippen LogP contribution in [0.5, 0.6) is 0 Å². The highest BCUT2D eigenvalue weighted by molar-refractivity contribution is 8.60. The standard InChI is InChI=1S/C11H23O2PS2/c1-9(2)5-11(6-10(3)4)7-12-14(15,16)13-8-11/h9-10H,5-8H2,1-4H3,(H,15,16). The minimum absolute atomic E-state index is 0.146. The van der Waals surface area contributed by atoms with Crippen molar-refractivity contribution in [1.82, 2.24) is 0 Å². The van der Waals surface area contributed by atoms with Gasteiger partial charge in [0.15, 0.2) is 0 Å². The van der Waals surface area contributed by atoms with Gasteiger partial charge in [-0.1, -0.05) is 39.9 Å². The lowest BCUT2D eigenvalue weighted by atomic mass is 9.75. The van der Waals surface area contributed by atoms with Crippen LogP contribution in [0.3, 0.4) is 0 Å². The molecule has 0 atom stereocenters. The van der Waals surface area contributed by atoms with Crippen LogP contribution in [0.15, 0.2) is 0 Å². The predicted molar refractivity (Wildman–Crippen MR) is 76.5 cm³/mol. The predicted octanol–water partition coefficient (Wildman–Crippen LogP) is 4.27. The summed E-state index contributed by atoms with van der Waals surface area (Å²) in [7, 11) is 0. The summed E-state index contributed by atoms with van der Waals surface area (Å²) in [4.78, 5) is 0. The lowest BCUT2D eigenvalue weighted by Crippen LogP contribution is -2.37. The maximum Gasteiger partial charge on any atom is 0.244 e. The highest BCUT2D eigenvalue weighted by atomic mass is 32.9. The fourth-order valence-electron chi connectivity index (χ4n) is 2.57. The first-order chi connectivity index (χ1) is 7.25. The molecule has 0 unspecified atom stereocenters. The molecule has 1 aliphatic heterocycles. The van der Waals surface area contributed by atoms with Crippen LogP contribution >= 0.6 is 17.9 Å². The maximum atomic E-state index is 5.65. The summed E-state index contributed by atoms with van der Waals surface area (Å²) < 4.78 is 11.3. The van der Waals surface area contributed by atoms with Crippen LogP contribution in [0.25, 0.3) is 0 Å². The summed E-state index contributed by atoms with van der Waals surface area (Å²) in [6.45, 7) is 10.4. The van der Waals surface area contributed by atoms with Gasteiger partial charge in [-0.05, 0) is 36.5 Å². The second-order valence-corrected chi connectivity index (χ2v) is 11.0. The van der Waals surface area contributed by atoms with Gasteiger partial charge in [-0.25, -0.2) is 0 Å². The van der Waals surface area contributed by atoms with Crippen LogP contribution in [-0.2, 0) is 20.9 Å². The second-order valence-electron chi connectivity index (χ2n) is 5.71. The Balaban J connectivity index is 2.70. The zero-order valence-electron chi connectivity index (χ0n) is 10.6. The van der Waals surface area contributed by atoms with Gasteiger partial charge >= 0.3 is 0 Å². The second kappa shape index (κ2) is 5.71. The number of hydrogen-bond acceptors (Lipinski definition) is 3. The fourth-order valence-corrected chi connectivity index (χ4v) is 4.18. The first-order valence-electron chi connectivity index (χ1n) is 5.87. The highest BCUT2D eigenvalue weighted by Crippen LogP contribution is 2.59. The van der Waals surface area contributed by atoms with Gasteiger partial charge in [0.2, 0.25) is 5.69 Å². The van der Waals surface area contributed by atoms with Crippen molar-refractivity contribution in [1.29, 1.82) is 0 Å². The van der Waals surface area contributed by atoms with E-state index in [1.165, 1.54) is 0 Å². The van der Waals surface area contributed by atoms with E-state index in [2.05, 4.69) is 39.9 Å². The molecule has 0 aromatic rings. The molecule has 0 aromatic carbocycles. The molecule has 0 aromatic heterocycles. The van der Waals surface area contributed by atoms with E-state index in [0.29, 0.717) is 25.0 Å². The van der Waals surface area contributed by atoms with Crippen molar-refractivity contribution in [2.75, 3.05) is 13.2 Å². The molecular weight excluding hydrogens is 259 g/mol. The molecule has 1 saturated heterocycles. The molecule has 1 aliphatic rings. The van der Waals surface area contributed by atoms with Crippen LogP contribution in [0.4, 0.5) is 0 Å². The molecule has 1 heterocycles. The van der Waals surface area contributed by atoms with Gasteiger partial charge < -0.3 is 9.05 Å². The zero-order valence-corrected chi connectivity index (χ0v) is 13.2. The van der Waals surface area contributed by atoms with Gasteiger partial charge in [-0.3, -0.25) is 0 Å². The Hall–Kier alpha value is 0.920. The van der Waals surface area contributed by atoms with Crippen molar-refractivity contribution < 1.29 is 9.05 Å². The van der Waals surface area contributed by atoms with E-state index >= 15 is 0 Å². The van der Waals surface area contributed by atoms with Gasteiger partial charge in [-0.15, -0.1) is 0 Å². The molecule has 0 bridgehead atoms. The van der Waals surface area contributed by atoms with Gasteiger partial charge in [0.25, 0.3) is 0 Å². The Morgan fingerprint density at radius 3 is 1.81 bits per heavy atom. The molecule has 0 radical (unpaired) electrons. The third-order valence-corrected chi connectivity index (χ3v) is 4.99. The first-order valence-corrected chi connectivity index (χ1v) is 9.66. The number of rotatable bonds is 4. The quantitative estimate of drug-likeness (QED) is 0.614. The molecule has 2 nitrogen and oxygen atoms in total. The smallest absolute Gasteiger partial charge is 0.244 e. The third-order valence-electron chi connectivity index (χ3n) is 2.75. The summed E-state index contributed by atoms with van der Waals surface area (Å²) in [6.07, 6.45) is 2.27. The molecule has 96 valence electrons. The Kier molecular flexibility index (Phi) is 5.34. The molecule has 0 saturated carbocycles. The van der Waals surface area contributed by atoms with Crippen molar-refractivity contribution in [2.45, 2.75) is 40.5 Å². The maximum absolute atomic E-state index is 5.65.